The molecule has 4 rings (SSSR count). The maximum Gasteiger partial charge on any atom is 0.119 e. The van der Waals surface area contributed by atoms with Crippen molar-refractivity contribution in [3.05, 3.63) is 29.8 Å². The molecule has 1 aromatic carbocycles. The van der Waals surface area contributed by atoms with Crippen molar-refractivity contribution in [2.75, 3.05) is 0 Å². The Balaban J connectivity index is 1.79. The van der Waals surface area contributed by atoms with Crippen LogP contribution in [0.2, 0.25) is 0 Å². The van der Waals surface area contributed by atoms with Crippen LogP contribution in [-0.4, -0.2) is 10.4 Å². The minimum Gasteiger partial charge on any atom is -0.491 e. The Morgan fingerprint density at radius 1 is 0.947 bits per heavy atom. The Kier molecular flexibility index (Phi) is 3.41. The van der Waals surface area contributed by atoms with Crippen LogP contribution in [0.15, 0.2) is 24.3 Å². The molecular formula is C17H23BrO. The van der Waals surface area contributed by atoms with Gasteiger partial charge in [0.25, 0.3) is 0 Å². The number of benzene rings is 1. The van der Waals surface area contributed by atoms with E-state index in [1.54, 1.807) is 0 Å². The third kappa shape index (κ3) is 2.56. The first kappa shape index (κ1) is 13.5. The largest absolute Gasteiger partial charge is 0.491 e. The Morgan fingerprint density at radius 2 is 1.47 bits per heavy atom. The van der Waals surface area contributed by atoms with E-state index in [1.165, 1.54) is 44.1 Å². The summed E-state index contributed by atoms with van der Waals surface area (Å²) in [5, 5.41) is 0. The molecule has 2 heteroatoms. The predicted molar refractivity (Wildman–Crippen MR) is 83.2 cm³/mol. The summed E-state index contributed by atoms with van der Waals surface area (Å²) in [6.07, 6.45) is 8.25. The van der Waals surface area contributed by atoms with E-state index in [4.69, 9.17) is 4.74 Å². The molecule has 0 unspecified atom stereocenters. The number of alkyl halides is 1. The summed E-state index contributed by atoms with van der Waals surface area (Å²) in [5.74, 6) is 0.997. The van der Waals surface area contributed by atoms with Crippen LogP contribution in [0.3, 0.4) is 0 Å². The van der Waals surface area contributed by atoms with Gasteiger partial charge in [-0.25, -0.2) is 0 Å². The van der Waals surface area contributed by atoms with Crippen LogP contribution in [0.4, 0.5) is 0 Å². The molecule has 0 radical (unpaired) electrons. The fourth-order valence-corrected chi connectivity index (χ4v) is 4.33. The first-order valence-corrected chi connectivity index (χ1v) is 8.27. The lowest BCUT2D eigenvalue weighted by Crippen LogP contribution is -2.44. The summed E-state index contributed by atoms with van der Waals surface area (Å²) in [4.78, 5) is 0. The molecule has 0 atom stereocenters. The topological polar surface area (TPSA) is 9.23 Å². The van der Waals surface area contributed by atoms with Gasteiger partial charge in [0.15, 0.2) is 0 Å². The van der Waals surface area contributed by atoms with Crippen molar-refractivity contribution in [3.63, 3.8) is 0 Å². The van der Waals surface area contributed by atoms with Crippen molar-refractivity contribution in [1.82, 2.24) is 0 Å². The van der Waals surface area contributed by atoms with E-state index < -0.39 is 0 Å². The number of hydrogen-bond acceptors (Lipinski definition) is 1. The third-order valence-corrected chi connectivity index (χ3v) is 6.18. The highest BCUT2D eigenvalue weighted by Gasteiger charge is 2.47. The zero-order valence-corrected chi connectivity index (χ0v) is 13.5. The Hall–Kier alpha value is -0.500. The van der Waals surface area contributed by atoms with Gasteiger partial charge in [-0.05, 0) is 75.5 Å². The zero-order valence-electron chi connectivity index (χ0n) is 11.9. The summed E-state index contributed by atoms with van der Waals surface area (Å²) in [6.45, 7) is 4.15. The minimum absolute atomic E-state index is 0.252. The molecule has 0 aromatic heterocycles. The number of fused-ring (bicyclic) bond motifs is 3. The summed E-state index contributed by atoms with van der Waals surface area (Å²) in [7, 11) is 0. The molecule has 3 aliphatic rings. The minimum atomic E-state index is 0.252. The van der Waals surface area contributed by atoms with Gasteiger partial charge < -0.3 is 4.74 Å². The van der Waals surface area contributed by atoms with Gasteiger partial charge >= 0.3 is 0 Å². The fourth-order valence-electron chi connectivity index (χ4n) is 3.73. The van der Waals surface area contributed by atoms with Gasteiger partial charge in [-0.2, -0.15) is 0 Å². The molecule has 3 aliphatic carbocycles. The summed E-state index contributed by atoms with van der Waals surface area (Å²) in [5.41, 5.74) is 1.98. The van der Waals surface area contributed by atoms with Gasteiger partial charge in [0, 0.05) is 4.32 Å². The maximum absolute atomic E-state index is 5.74. The fraction of sp³-hybridized carbons (Fsp3) is 0.647. The number of hydrogen-bond donors (Lipinski definition) is 0. The molecule has 3 fully saturated rings. The van der Waals surface area contributed by atoms with Gasteiger partial charge in [-0.3, -0.25) is 0 Å². The number of rotatable bonds is 3. The van der Waals surface area contributed by atoms with Crippen molar-refractivity contribution in [3.8, 4) is 5.75 Å². The standard InChI is InChI=1S/C17H23BrO/c1-13(2)19-15-5-3-14(4-6-15)16-7-10-17(18,11-8-16)12-9-16/h3-6,13H,7-12H2,1-2H3. The molecule has 0 spiro atoms. The van der Waals surface area contributed by atoms with E-state index in [0.717, 1.165) is 5.75 Å². The molecule has 3 saturated carbocycles. The summed E-state index contributed by atoms with van der Waals surface area (Å²) >= 11 is 3.95. The molecule has 0 saturated heterocycles. The lowest BCUT2D eigenvalue weighted by molar-refractivity contribution is 0.162. The van der Waals surface area contributed by atoms with Crippen LogP contribution >= 0.6 is 15.9 Å². The average Bonchev–Trinajstić information content (AvgIpc) is 2.40. The SMILES string of the molecule is CC(C)Oc1ccc(C23CCC(Br)(CC2)CC3)cc1. The summed E-state index contributed by atoms with van der Waals surface area (Å²) < 4.78 is 6.21. The highest BCUT2D eigenvalue weighted by Crippen LogP contribution is 2.56. The van der Waals surface area contributed by atoms with Crippen molar-refractivity contribution < 1.29 is 4.74 Å². The first-order chi connectivity index (χ1) is 9.01. The Labute approximate surface area is 124 Å². The summed E-state index contributed by atoms with van der Waals surface area (Å²) in [6, 6.07) is 8.89. The van der Waals surface area contributed by atoms with Gasteiger partial charge in [0.1, 0.15) is 5.75 Å². The molecule has 19 heavy (non-hydrogen) atoms. The monoisotopic (exact) mass is 322 g/mol. The van der Waals surface area contributed by atoms with Crippen LogP contribution < -0.4 is 4.74 Å². The van der Waals surface area contributed by atoms with E-state index >= 15 is 0 Å². The van der Waals surface area contributed by atoms with Crippen molar-refractivity contribution in [2.24, 2.45) is 0 Å². The molecule has 0 N–H and O–H groups in total. The predicted octanol–water partition coefficient (Wildman–Crippen LogP) is 5.21. The molecule has 0 amide bonds. The van der Waals surface area contributed by atoms with Crippen LogP contribution in [0.25, 0.3) is 0 Å². The number of halogens is 1. The third-order valence-electron chi connectivity index (χ3n) is 4.99. The van der Waals surface area contributed by atoms with E-state index in [2.05, 4.69) is 54.0 Å². The van der Waals surface area contributed by atoms with E-state index in [0.29, 0.717) is 9.74 Å². The second-order valence-electron chi connectivity index (χ2n) is 6.62. The van der Waals surface area contributed by atoms with Crippen molar-refractivity contribution >= 4 is 15.9 Å². The van der Waals surface area contributed by atoms with Gasteiger partial charge in [-0.1, -0.05) is 28.1 Å². The molecule has 0 heterocycles. The second kappa shape index (κ2) is 4.80. The van der Waals surface area contributed by atoms with E-state index in [1.807, 2.05) is 0 Å². The van der Waals surface area contributed by atoms with Crippen LogP contribution in [0.5, 0.6) is 5.75 Å². The van der Waals surface area contributed by atoms with E-state index in [-0.39, 0.29) is 6.10 Å². The van der Waals surface area contributed by atoms with Gasteiger partial charge in [-0.15, -0.1) is 0 Å². The molecule has 0 aliphatic heterocycles. The van der Waals surface area contributed by atoms with Crippen LogP contribution in [-0.2, 0) is 5.41 Å². The highest BCUT2D eigenvalue weighted by atomic mass is 79.9. The van der Waals surface area contributed by atoms with Gasteiger partial charge in [0.2, 0.25) is 0 Å². The second-order valence-corrected chi connectivity index (χ2v) is 8.30. The normalized spacial score (nSPS) is 33.7. The maximum atomic E-state index is 5.74. The molecular weight excluding hydrogens is 300 g/mol. The Morgan fingerprint density at radius 3 is 1.95 bits per heavy atom. The van der Waals surface area contributed by atoms with Crippen LogP contribution in [0, 0.1) is 0 Å². The highest BCUT2D eigenvalue weighted by molar-refractivity contribution is 9.10. The van der Waals surface area contributed by atoms with Crippen molar-refractivity contribution in [1.29, 1.82) is 0 Å². The average molecular weight is 323 g/mol. The quantitative estimate of drug-likeness (QED) is 0.694. The smallest absolute Gasteiger partial charge is 0.119 e. The van der Waals surface area contributed by atoms with Crippen LogP contribution in [0.1, 0.15) is 57.9 Å². The van der Waals surface area contributed by atoms with E-state index in [9.17, 15) is 0 Å². The lowest BCUT2D eigenvalue weighted by atomic mass is 9.58. The first-order valence-electron chi connectivity index (χ1n) is 7.48. The van der Waals surface area contributed by atoms with Gasteiger partial charge in [0.05, 0.1) is 6.10 Å². The molecule has 1 nitrogen and oxygen atoms in total. The van der Waals surface area contributed by atoms with Crippen molar-refractivity contribution in [2.45, 2.75) is 68.2 Å². The molecule has 2 bridgehead atoms. The zero-order chi connectivity index (χ0) is 13.5. The lowest BCUT2D eigenvalue weighted by Gasteiger charge is -2.51. The molecule has 1 aromatic rings. The number of ether oxygens (including phenoxy) is 1. The molecule has 104 valence electrons. The Bertz CT molecular complexity index is 424.